The average Bonchev–Trinajstić information content (AvgIpc) is 2.81. The third kappa shape index (κ3) is 3.31. The van der Waals surface area contributed by atoms with E-state index in [1.54, 1.807) is 14.0 Å². The number of nitrogens with zero attached hydrogens (tertiary/aromatic N) is 1. The Balaban J connectivity index is 2.08. The molecule has 0 amide bonds. The Morgan fingerprint density at radius 1 is 1.42 bits per heavy atom. The van der Waals surface area contributed by atoms with Crippen molar-refractivity contribution in [1.82, 2.24) is 0 Å². The van der Waals surface area contributed by atoms with Crippen molar-refractivity contribution in [2.75, 3.05) is 7.11 Å². The van der Waals surface area contributed by atoms with E-state index in [9.17, 15) is 4.79 Å². The minimum Gasteiger partial charge on any atom is -0.496 e. The molecule has 0 fully saturated rings. The number of aryl methyl sites for hydroxylation is 1. The standard InChI is InChI=1S/C16H19NO2/c1-11-8-13(10-17-11)4-5-14-6-7-15(12(2)18)9-16(14)19-3/h6-10,13H,4-5H2,1-3H3. The molecule has 0 aliphatic carbocycles. The van der Waals surface area contributed by atoms with Crippen molar-refractivity contribution < 1.29 is 9.53 Å². The summed E-state index contributed by atoms with van der Waals surface area (Å²) in [6, 6.07) is 5.67. The number of ketones is 1. The molecule has 3 heteroatoms. The molecule has 0 aromatic heterocycles. The fourth-order valence-electron chi connectivity index (χ4n) is 2.26. The summed E-state index contributed by atoms with van der Waals surface area (Å²) in [4.78, 5) is 15.6. The predicted molar refractivity (Wildman–Crippen MR) is 77.1 cm³/mol. The summed E-state index contributed by atoms with van der Waals surface area (Å²) in [5.74, 6) is 1.27. The van der Waals surface area contributed by atoms with Crippen molar-refractivity contribution >= 4 is 12.0 Å². The zero-order chi connectivity index (χ0) is 13.8. The van der Waals surface area contributed by atoms with E-state index in [1.165, 1.54) is 0 Å². The van der Waals surface area contributed by atoms with Crippen molar-refractivity contribution in [3.05, 3.63) is 41.1 Å². The highest BCUT2D eigenvalue weighted by Gasteiger charge is 2.11. The van der Waals surface area contributed by atoms with E-state index in [2.05, 4.69) is 11.1 Å². The van der Waals surface area contributed by atoms with Gasteiger partial charge in [0.2, 0.25) is 0 Å². The molecule has 1 unspecified atom stereocenters. The van der Waals surface area contributed by atoms with Crippen LogP contribution in [0, 0.1) is 5.92 Å². The molecule has 0 saturated heterocycles. The minimum absolute atomic E-state index is 0.0614. The van der Waals surface area contributed by atoms with E-state index in [-0.39, 0.29) is 5.78 Å². The lowest BCUT2D eigenvalue weighted by atomic mass is 9.98. The van der Waals surface area contributed by atoms with Gasteiger partial charge in [-0.25, -0.2) is 0 Å². The first-order valence-electron chi connectivity index (χ1n) is 6.50. The van der Waals surface area contributed by atoms with Crippen LogP contribution in [-0.4, -0.2) is 19.1 Å². The number of allylic oxidation sites excluding steroid dienone is 2. The van der Waals surface area contributed by atoms with Gasteiger partial charge in [0.25, 0.3) is 0 Å². The molecule has 3 nitrogen and oxygen atoms in total. The first-order chi connectivity index (χ1) is 9.10. The number of Topliss-reactive ketones (excluding diaryl/α,β-unsaturated/α-hetero) is 1. The van der Waals surface area contributed by atoms with Crippen LogP contribution in [0.3, 0.4) is 0 Å². The van der Waals surface area contributed by atoms with Gasteiger partial charge in [-0.05, 0) is 38.3 Å². The van der Waals surface area contributed by atoms with Crippen LogP contribution in [0.25, 0.3) is 0 Å². The number of methoxy groups -OCH3 is 1. The molecule has 2 rings (SSSR count). The van der Waals surface area contributed by atoms with Gasteiger partial charge in [-0.3, -0.25) is 9.79 Å². The van der Waals surface area contributed by atoms with E-state index < -0.39 is 0 Å². The van der Waals surface area contributed by atoms with Crippen LogP contribution in [0.5, 0.6) is 5.75 Å². The summed E-state index contributed by atoms with van der Waals surface area (Å²) in [7, 11) is 1.64. The Hall–Kier alpha value is -1.90. The van der Waals surface area contributed by atoms with Crippen LogP contribution in [0.2, 0.25) is 0 Å². The van der Waals surface area contributed by atoms with E-state index in [0.717, 1.165) is 29.9 Å². The molecule has 1 aromatic rings. The average molecular weight is 257 g/mol. The topological polar surface area (TPSA) is 38.7 Å². The van der Waals surface area contributed by atoms with Crippen LogP contribution in [-0.2, 0) is 6.42 Å². The van der Waals surface area contributed by atoms with Crippen molar-refractivity contribution in [2.45, 2.75) is 26.7 Å². The zero-order valence-corrected chi connectivity index (χ0v) is 11.6. The van der Waals surface area contributed by atoms with Crippen LogP contribution in [0.15, 0.2) is 35.0 Å². The first-order valence-corrected chi connectivity index (χ1v) is 6.50. The van der Waals surface area contributed by atoms with E-state index in [4.69, 9.17) is 4.74 Å². The Morgan fingerprint density at radius 3 is 2.79 bits per heavy atom. The second kappa shape index (κ2) is 5.83. The Labute approximate surface area is 114 Å². The molecule has 19 heavy (non-hydrogen) atoms. The Kier molecular flexibility index (Phi) is 4.15. The largest absolute Gasteiger partial charge is 0.496 e. The SMILES string of the molecule is COc1cc(C(C)=O)ccc1CCC1C=NC(C)=C1. The third-order valence-corrected chi connectivity index (χ3v) is 3.37. The van der Waals surface area contributed by atoms with Gasteiger partial charge in [-0.2, -0.15) is 0 Å². The molecule has 0 N–H and O–H groups in total. The number of ether oxygens (including phenoxy) is 1. The molecular weight excluding hydrogens is 238 g/mol. The number of carbonyl (C=O) groups excluding carboxylic acids is 1. The van der Waals surface area contributed by atoms with E-state index in [1.807, 2.05) is 31.3 Å². The normalized spacial score (nSPS) is 17.4. The maximum atomic E-state index is 11.3. The van der Waals surface area contributed by atoms with Gasteiger partial charge in [0.15, 0.2) is 5.78 Å². The summed E-state index contributed by atoms with van der Waals surface area (Å²) >= 11 is 0. The summed E-state index contributed by atoms with van der Waals surface area (Å²) in [5.41, 5.74) is 2.92. The number of aliphatic imine (C=N–C) groups is 1. The maximum absolute atomic E-state index is 11.3. The highest BCUT2D eigenvalue weighted by atomic mass is 16.5. The van der Waals surface area contributed by atoms with Crippen LogP contribution < -0.4 is 4.74 Å². The highest BCUT2D eigenvalue weighted by molar-refractivity contribution is 5.94. The molecule has 1 aliphatic heterocycles. The summed E-state index contributed by atoms with van der Waals surface area (Å²) < 4.78 is 5.37. The molecule has 0 bridgehead atoms. The molecular formula is C16H19NO2. The molecule has 1 heterocycles. The van der Waals surface area contributed by atoms with Crippen LogP contribution in [0.1, 0.15) is 36.2 Å². The molecule has 1 aliphatic rings. The van der Waals surface area contributed by atoms with Gasteiger partial charge in [0.1, 0.15) is 5.75 Å². The van der Waals surface area contributed by atoms with Gasteiger partial charge in [-0.1, -0.05) is 18.2 Å². The number of benzene rings is 1. The third-order valence-electron chi connectivity index (χ3n) is 3.37. The van der Waals surface area contributed by atoms with E-state index in [0.29, 0.717) is 11.5 Å². The lowest BCUT2D eigenvalue weighted by molar-refractivity contribution is 0.101. The lowest BCUT2D eigenvalue weighted by Crippen LogP contribution is -2.01. The highest BCUT2D eigenvalue weighted by Crippen LogP contribution is 2.24. The van der Waals surface area contributed by atoms with Crippen molar-refractivity contribution in [2.24, 2.45) is 10.9 Å². The minimum atomic E-state index is 0.0614. The van der Waals surface area contributed by atoms with Crippen molar-refractivity contribution in [1.29, 1.82) is 0 Å². The number of carbonyl (C=O) groups is 1. The Morgan fingerprint density at radius 2 is 2.21 bits per heavy atom. The number of hydrogen-bond acceptors (Lipinski definition) is 3. The van der Waals surface area contributed by atoms with Crippen molar-refractivity contribution in [3.8, 4) is 5.75 Å². The fraction of sp³-hybridized carbons (Fsp3) is 0.375. The van der Waals surface area contributed by atoms with Gasteiger partial charge in [0.05, 0.1) is 7.11 Å². The lowest BCUT2D eigenvalue weighted by Gasteiger charge is -2.11. The van der Waals surface area contributed by atoms with E-state index >= 15 is 0 Å². The zero-order valence-electron chi connectivity index (χ0n) is 11.6. The molecule has 0 radical (unpaired) electrons. The van der Waals surface area contributed by atoms with Crippen molar-refractivity contribution in [3.63, 3.8) is 0 Å². The summed E-state index contributed by atoms with van der Waals surface area (Å²) in [6.07, 6.45) is 6.10. The van der Waals surface area contributed by atoms with Gasteiger partial charge < -0.3 is 4.74 Å². The first kappa shape index (κ1) is 13.5. The maximum Gasteiger partial charge on any atom is 0.159 e. The molecule has 100 valence electrons. The number of hydrogen-bond donors (Lipinski definition) is 0. The van der Waals surface area contributed by atoms with Gasteiger partial charge in [-0.15, -0.1) is 0 Å². The second-order valence-electron chi connectivity index (χ2n) is 4.87. The number of rotatable bonds is 5. The fourth-order valence-corrected chi connectivity index (χ4v) is 2.26. The second-order valence-corrected chi connectivity index (χ2v) is 4.87. The molecule has 0 saturated carbocycles. The summed E-state index contributed by atoms with van der Waals surface area (Å²) in [5, 5.41) is 0. The smallest absolute Gasteiger partial charge is 0.159 e. The molecule has 1 aromatic carbocycles. The van der Waals surface area contributed by atoms with Gasteiger partial charge in [0, 0.05) is 23.4 Å². The van der Waals surface area contributed by atoms with Crippen LogP contribution in [0.4, 0.5) is 0 Å². The molecule has 1 atom stereocenters. The quantitative estimate of drug-likeness (QED) is 0.758. The summed E-state index contributed by atoms with van der Waals surface area (Å²) in [6.45, 7) is 3.58. The van der Waals surface area contributed by atoms with Crippen LogP contribution >= 0.6 is 0 Å². The predicted octanol–water partition coefficient (Wildman–Crippen LogP) is 3.43. The van der Waals surface area contributed by atoms with Gasteiger partial charge >= 0.3 is 0 Å². The monoisotopic (exact) mass is 257 g/mol. The molecule has 0 spiro atoms. The Bertz CT molecular complexity index is 544.